The van der Waals surface area contributed by atoms with Gasteiger partial charge in [0, 0.05) is 30.7 Å². The molecule has 0 spiro atoms. The fourth-order valence-corrected chi connectivity index (χ4v) is 3.32. The Morgan fingerprint density at radius 1 is 1.19 bits per heavy atom. The first-order valence-corrected chi connectivity index (χ1v) is 9.12. The highest BCUT2D eigenvalue weighted by Gasteiger charge is 2.20. The van der Waals surface area contributed by atoms with E-state index in [4.69, 9.17) is 4.74 Å². The molecule has 5 heteroatoms. The molecule has 142 valence electrons. The number of likely N-dealkylation sites (N-methyl/N-ethyl adjacent to an activating group) is 1. The standard InChI is InChI=1S/C22H27N3O2/c1-16-8-7-9-17(12-16)27-15-22(26)23-13-21(24(2)3)19-14-25(4)20-11-6-5-10-18(19)20/h5-12,14,21H,13,15H2,1-4H3,(H,23,26). The number of benzene rings is 2. The molecule has 1 amide bonds. The van der Waals surface area contributed by atoms with E-state index in [9.17, 15) is 4.79 Å². The van der Waals surface area contributed by atoms with Crippen LogP contribution >= 0.6 is 0 Å². The number of ether oxygens (including phenoxy) is 1. The van der Waals surface area contributed by atoms with E-state index in [-0.39, 0.29) is 18.6 Å². The maximum Gasteiger partial charge on any atom is 0.258 e. The first-order chi connectivity index (χ1) is 13.0. The fourth-order valence-electron chi connectivity index (χ4n) is 3.32. The molecule has 0 saturated carbocycles. The summed E-state index contributed by atoms with van der Waals surface area (Å²) in [6, 6.07) is 16.1. The summed E-state index contributed by atoms with van der Waals surface area (Å²) in [4.78, 5) is 14.4. The van der Waals surface area contributed by atoms with Crippen molar-refractivity contribution >= 4 is 16.8 Å². The molecular formula is C22H27N3O2. The number of aryl methyl sites for hydroxylation is 2. The van der Waals surface area contributed by atoms with Gasteiger partial charge in [-0.25, -0.2) is 0 Å². The van der Waals surface area contributed by atoms with Crippen LogP contribution in [0.15, 0.2) is 54.7 Å². The van der Waals surface area contributed by atoms with Gasteiger partial charge in [0.1, 0.15) is 5.75 Å². The second-order valence-corrected chi connectivity index (χ2v) is 7.10. The Morgan fingerprint density at radius 2 is 1.96 bits per heavy atom. The first-order valence-electron chi connectivity index (χ1n) is 9.12. The van der Waals surface area contributed by atoms with Crippen molar-refractivity contribution in [2.75, 3.05) is 27.2 Å². The molecule has 1 aromatic heterocycles. The Kier molecular flexibility index (Phi) is 5.81. The Morgan fingerprint density at radius 3 is 2.70 bits per heavy atom. The van der Waals surface area contributed by atoms with Gasteiger partial charge in [-0.2, -0.15) is 0 Å². The van der Waals surface area contributed by atoms with Gasteiger partial charge in [-0.3, -0.25) is 4.79 Å². The minimum absolute atomic E-state index is 0.0130. The highest BCUT2D eigenvalue weighted by atomic mass is 16.5. The van der Waals surface area contributed by atoms with E-state index in [2.05, 4.69) is 33.1 Å². The van der Waals surface area contributed by atoms with Crippen LogP contribution in [0.2, 0.25) is 0 Å². The van der Waals surface area contributed by atoms with E-state index in [0.717, 1.165) is 5.56 Å². The molecule has 0 radical (unpaired) electrons. The summed E-state index contributed by atoms with van der Waals surface area (Å²) in [6.07, 6.45) is 2.14. The summed E-state index contributed by atoms with van der Waals surface area (Å²) in [6.45, 7) is 2.54. The number of carbonyl (C=O) groups is 1. The van der Waals surface area contributed by atoms with Gasteiger partial charge in [0.15, 0.2) is 6.61 Å². The molecule has 3 aromatic rings. The minimum Gasteiger partial charge on any atom is -0.484 e. The summed E-state index contributed by atoms with van der Waals surface area (Å²) in [5.74, 6) is 0.590. The summed E-state index contributed by atoms with van der Waals surface area (Å²) in [7, 11) is 6.11. The lowest BCUT2D eigenvalue weighted by molar-refractivity contribution is -0.123. The molecule has 2 aromatic carbocycles. The number of fused-ring (bicyclic) bond motifs is 1. The molecule has 0 aliphatic carbocycles. The molecule has 5 nitrogen and oxygen atoms in total. The third-order valence-corrected chi connectivity index (χ3v) is 4.76. The largest absolute Gasteiger partial charge is 0.484 e. The second-order valence-electron chi connectivity index (χ2n) is 7.10. The Bertz CT molecular complexity index is 930. The number of rotatable bonds is 7. The third-order valence-electron chi connectivity index (χ3n) is 4.76. The Labute approximate surface area is 160 Å². The van der Waals surface area contributed by atoms with Crippen molar-refractivity contribution in [3.05, 3.63) is 65.9 Å². The number of nitrogens with zero attached hydrogens (tertiary/aromatic N) is 2. The van der Waals surface area contributed by atoms with E-state index in [1.54, 1.807) is 0 Å². The molecule has 0 fully saturated rings. The van der Waals surface area contributed by atoms with Gasteiger partial charge in [-0.05, 0) is 50.3 Å². The second kappa shape index (κ2) is 8.27. The molecule has 0 bridgehead atoms. The number of amides is 1. The Hall–Kier alpha value is -2.79. The van der Waals surface area contributed by atoms with Crippen molar-refractivity contribution < 1.29 is 9.53 Å². The number of carbonyl (C=O) groups excluding carboxylic acids is 1. The molecule has 27 heavy (non-hydrogen) atoms. The van der Waals surface area contributed by atoms with Gasteiger partial charge in [0.2, 0.25) is 0 Å². The predicted molar refractivity (Wildman–Crippen MR) is 109 cm³/mol. The molecule has 0 aliphatic rings. The average Bonchev–Trinajstić information content (AvgIpc) is 2.97. The number of para-hydroxylation sites is 1. The van der Waals surface area contributed by atoms with Gasteiger partial charge in [0.05, 0.1) is 6.04 Å². The Balaban J connectivity index is 1.65. The van der Waals surface area contributed by atoms with Crippen molar-refractivity contribution in [1.82, 2.24) is 14.8 Å². The lowest BCUT2D eigenvalue weighted by Crippen LogP contribution is -2.36. The third kappa shape index (κ3) is 4.49. The molecule has 0 saturated heterocycles. The smallest absolute Gasteiger partial charge is 0.258 e. The highest BCUT2D eigenvalue weighted by Crippen LogP contribution is 2.28. The van der Waals surface area contributed by atoms with Gasteiger partial charge >= 0.3 is 0 Å². The minimum atomic E-state index is -0.122. The van der Waals surface area contributed by atoms with E-state index in [0.29, 0.717) is 12.3 Å². The van der Waals surface area contributed by atoms with Crippen LogP contribution in [-0.2, 0) is 11.8 Å². The van der Waals surface area contributed by atoms with Gasteiger partial charge < -0.3 is 19.5 Å². The average molecular weight is 365 g/mol. The van der Waals surface area contributed by atoms with E-state index >= 15 is 0 Å². The van der Waals surface area contributed by atoms with Crippen LogP contribution < -0.4 is 10.1 Å². The maximum atomic E-state index is 12.3. The summed E-state index contributed by atoms with van der Waals surface area (Å²) < 4.78 is 7.72. The lowest BCUT2D eigenvalue weighted by Gasteiger charge is -2.24. The van der Waals surface area contributed by atoms with Crippen LogP contribution in [0.4, 0.5) is 0 Å². The summed E-state index contributed by atoms with van der Waals surface area (Å²) >= 11 is 0. The number of hydrogen-bond donors (Lipinski definition) is 1. The van der Waals surface area contributed by atoms with Crippen molar-refractivity contribution in [3.63, 3.8) is 0 Å². The van der Waals surface area contributed by atoms with Crippen molar-refractivity contribution in [3.8, 4) is 5.75 Å². The molecule has 0 aliphatic heterocycles. The molecule has 1 atom stereocenters. The van der Waals surface area contributed by atoms with Crippen molar-refractivity contribution in [2.24, 2.45) is 7.05 Å². The molecule has 1 unspecified atom stereocenters. The zero-order valence-electron chi connectivity index (χ0n) is 16.4. The van der Waals surface area contributed by atoms with Crippen LogP contribution in [0.3, 0.4) is 0 Å². The molecular weight excluding hydrogens is 338 g/mol. The number of hydrogen-bond acceptors (Lipinski definition) is 3. The van der Waals surface area contributed by atoms with Crippen LogP contribution in [0.25, 0.3) is 10.9 Å². The van der Waals surface area contributed by atoms with Crippen molar-refractivity contribution in [1.29, 1.82) is 0 Å². The van der Waals surface area contributed by atoms with Gasteiger partial charge in [0.25, 0.3) is 5.91 Å². The van der Waals surface area contributed by atoms with Crippen molar-refractivity contribution in [2.45, 2.75) is 13.0 Å². The number of nitrogens with one attached hydrogen (secondary N) is 1. The van der Waals surface area contributed by atoms with Gasteiger partial charge in [-0.1, -0.05) is 30.3 Å². The quantitative estimate of drug-likeness (QED) is 0.699. The maximum absolute atomic E-state index is 12.3. The SMILES string of the molecule is Cc1cccc(OCC(=O)NCC(c2cn(C)c3ccccc23)N(C)C)c1. The van der Waals surface area contributed by atoms with E-state index < -0.39 is 0 Å². The zero-order chi connectivity index (χ0) is 19.4. The highest BCUT2D eigenvalue weighted by molar-refractivity contribution is 5.84. The number of aromatic nitrogens is 1. The predicted octanol–water partition coefficient (Wildman–Crippen LogP) is 3.28. The molecule has 1 heterocycles. The van der Waals surface area contributed by atoms with Crippen LogP contribution in [0.5, 0.6) is 5.75 Å². The molecule has 3 rings (SSSR count). The zero-order valence-corrected chi connectivity index (χ0v) is 16.4. The monoisotopic (exact) mass is 365 g/mol. The first kappa shape index (κ1) is 19.0. The fraction of sp³-hybridized carbons (Fsp3) is 0.318. The van der Waals surface area contributed by atoms with Gasteiger partial charge in [-0.15, -0.1) is 0 Å². The topological polar surface area (TPSA) is 46.5 Å². The molecule has 1 N–H and O–H groups in total. The summed E-state index contributed by atoms with van der Waals surface area (Å²) in [5.41, 5.74) is 3.50. The van der Waals surface area contributed by atoms with E-state index in [1.807, 2.05) is 64.5 Å². The van der Waals surface area contributed by atoms with E-state index in [1.165, 1.54) is 16.5 Å². The lowest BCUT2D eigenvalue weighted by atomic mass is 10.0. The van der Waals surface area contributed by atoms with Crippen LogP contribution in [0, 0.1) is 6.92 Å². The van der Waals surface area contributed by atoms with Crippen LogP contribution in [0.1, 0.15) is 17.2 Å². The normalized spacial score (nSPS) is 12.3. The summed E-state index contributed by atoms with van der Waals surface area (Å²) in [5, 5.41) is 4.22. The van der Waals surface area contributed by atoms with Crippen LogP contribution in [-0.4, -0.2) is 42.6 Å².